The van der Waals surface area contributed by atoms with Gasteiger partial charge in [-0.05, 0) is 35.9 Å². The lowest BCUT2D eigenvalue weighted by atomic mass is 10.1. The zero-order chi connectivity index (χ0) is 12.5. The fraction of sp³-hybridized carbons (Fsp3) is 0.143. The maximum Gasteiger partial charge on any atom is 0.142 e. The third-order valence-corrected chi connectivity index (χ3v) is 3.16. The van der Waals surface area contributed by atoms with Crippen molar-refractivity contribution in [2.45, 2.75) is 6.04 Å². The van der Waals surface area contributed by atoms with E-state index in [1.165, 1.54) is 12.1 Å². The van der Waals surface area contributed by atoms with Crippen molar-refractivity contribution in [3.05, 3.63) is 58.9 Å². The maximum absolute atomic E-state index is 13.2. The zero-order valence-corrected chi connectivity index (χ0v) is 10.2. The number of rotatable bonds is 1. The molecule has 2 nitrogen and oxygen atoms in total. The molecule has 0 radical (unpaired) electrons. The summed E-state index contributed by atoms with van der Waals surface area (Å²) in [5, 5.41) is 3.95. The molecule has 1 aliphatic heterocycles. The van der Waals surface area contributed by atoms with Crippen molar-refractivity contribution in [1.29, 1.82) is 0 Å². The molecular weight excluding hydrogens is 253 g/mol. The topological polar surface area (TPSA) is 21.3 Å². The number of hydrogen-bond acceptors (Lipinski definition) is 2. The molecule has 0 spiro atoms. The first-order valence-corrected chi connectivity index (χ1v) is 6.04. The van der Waals surface area contributed by atoms with Crippen LogP contribution in [0.4, 0.5) is 10.1 Å². The molecule has 0 fully saturated rings. The molecule has 0 aromatic heterocycles. The second kappa shape index (κ2) is 4.50. The Labute approximate surface area is 109 Å². The largest absolute Gasteiger partial charge is 0.489 e. The monoisotopic (exact) mass is 263 g/mol. The Morgan fingerprint density at radius 1 is 1.22 bits per heavy atom. The SMILES string of the molecule is Fc1cccc(C2COc3ccc(Cl)cc3N2)c1. The van der Waals surface area contributed by atoms with Crippen molar-refractivity contribution in [1.82, 2.24) is 0 Å². The Hall–Kier alpha value is -1.74. The van der Waals surface area contributed by atoms with E-state index in [4.69, 9.17) is 16.3 Å². The van der Waals surface area contributed by atoms with E-state index in [0.717, 1.165) is 17.0 Å². The first-order chi connectivity index (χ1) is 8.72. The summed E-state index contributed by atoms with van der Waals surface area (Å²) in [7, 11) is 0. The van der Waals surface area contributed by atoms with Crippen LogP contribution in [0.1, 0.15) is 11.6 Å². The van der Waals surface area contributed by atoms with Gasteiger partial charge in [-0.3, -0.25) is 0 Å². The molecule has 3 rings (SSSR count). The van der Waals surface area contributed by atoms with E-state index in [9.17, 15) is 4.39 Å². The summed E-state index contributed by atoms with van der Waals surface area (Å²) in [6, 6.07) is 11.9. The Bertz CT molecular complexity index is 588. The molecule has 18 heavy (non-hydrogen) atoms. The predicted molar refractivity (Wildman–Crippen MR) is 69.7 cm³/mol. The summed E-state index contributed by atoms with van der Waals surface area (Å²) < 4.78 is 18.8. The molecule has 0 amide bonds. The van der Waals surface area contributed by atoms with Gasteiger partial charge in [0.25, 0.3) is 0 Å². The zero-order valence-electron chi connectivity index (χ0n) is 9.49. The van der Waals surface area contributed by atoms with Crippen LogP contribution in [0.25, 0.3) is 0 Å². The molecule has 0 bridgehead atoms. The minimum Gasteiger partial charge on any atom is -0.489 e. The summed E-state index contributed by atoms with van der Waals surface area (Å²) in [5.41, 5.74) is 1.70. The normalized spacial score (nSPS) is 17.6. The highest BCUT2D eigenvalue weighted by Crippen LogP contribution is 2.35. The van der Waals surface area contributed by atoms with Gasteiger partial charge < -0.3 is 10.1 Å². The molecule has 1 aliphatic rings. The Morgan fingerprint density at radius 3 is 2.94 bits per heavy atom. The van der Waals surface area contributed by atoms with Crippen LogP contribution in [0.3, 0.4) is 0 Å². The maximum atomic E-state index is 13.2. The number of benzene rings is 2. The van der Waals surface area contributed by atoms with Gasteiger partial charge in [-0.2, -0.15) is 0 Å². The molecule has 0 saturated carbocycles. The number of nitrogens with one attached hydrogen (secondary N) is 1. The van der Waals surface area contributed by atoms with Crippen molar-refractivity contribution in [2.24, 2.45) is 0 Å². The first-order valence-electron chi connectivity index (χ1n) is 5.67. The van der Waals surface area contributed by atoms with Gasteiger partial charge in [0.2, 0.25) is 0 Å². The minimum atomic E-state index is -0.244. The van der Waals surface area contributed by atoms with E-state index in [2.05, 4.69) is 5.32 Å². The quantitative estimate of drug-likeness (QED) is 0.839. The summed E-state index contributed by atoms with van der Waals surface area (Å²) in [5.74, 6) is 0.526. The molecule has 0 aliphatic carbocycles. The van der Waals surface area contributed by atoms with E-state index in [1.807, 2.05) is 18.2 Å². The highest BCUT2D eigenvalue weighted by Gasteiger charge is 2.20. The number of halogens is 2. The van der Waals surface area contributed by atoms with E-state index < -0.39 is 0 Å². The van der Waals surface area contributed by atoms with Crippen LogP contribution in [0.5, 0.6) is 5.75 Å². The Balaban J connectivity index is 1.90. The second-order valence-corrected chi connectivity index (χ2v) is 4.64. The molecular formula is C14H11ClFNO. The van der Waals surface area contributed by atoms with E-state index in [1.54, 1.807) is 12.1 Å². The number of anilines is 1. The van der Waals surface area contributed by atoms with Gasteiger partial charge in [0.1, 0.15) is 18.2 Å². The smallest absolute Gasteiger partial charge is 0.142 e. The van der Waals surface area contributed by atoms with Crippen molar-refractivity contribution in [3.63, 3.8) is 0 Å². The molecule has 1 heterocycles. The number of ether oxygens (including phenoxy) is 1. The van der Waals surface area contributed by atoms with Crippen LogP contribution in [0, 0.1) is 5.82 Å². The van der Waals surface area contributed by atoms with Gasteiger partial charge in [-0.1, -0.05) is 23.7 Å². The van der Waals surface area contributed by atoms with Crippen LogP contribution in [0.2, 0.25) is 5.02 Å². The van der Waals surface area contributed by atoms with E-state index in [-0.39, 0.29) is 11.9 Å². The summed E-state index contributed by atoms with van der Waals surface area (Å²) >= 11 is 5.94. The van der Waals surface area contributed by atoms with Gasteiger partial charge in [-0.15, -0.1) is 0 Å². The molecule has 2 aromatic carbocycles. The summed E-state index contributed by atoms with van der Waals surface area (Å²) in [4.78, 5) is 0. The average Bonchev–Trinajstić information content (AvgIpc) is 2.38. The fourth-order valence-corrected chi connectivity index (χ4v) is 2.22. The molecule has 92 valence electrons. The molecule has 0 saturated heterocycles. The third kappa shape index (κ3) is 2.14. The van der Waals surface area contributed by atoms with Crippen LogP contribution < -0.4 is 10.1 Å². The minimum absolute atomic E-state index is 0.0633. The molecule has 1 N–H and O–H groups in total. The number of hydrogen-bond donors (Lipinski definition) is 1. The van der Waals surface area contributed by atoms with Crippen LogP contribution >= 0.6 is 11.6 Å². The van der Waals surface area contributed by atoms with Gasteiger partial charge in [0.05, 0.1) is 11.7 Å². The highest BCUT2D eigenvalue weighted by molar-refractivity contribution is 6.30. The first kappa shape index (κ1) is 11.4. The summed E-state index contributed by atoms with van der Waals surface area (Å²) in [6.45, 7) is 0.470. The van der Waals surface area contributed by atoms with Crippen LogP contribution in [0.15, 0.2) is 42.5 Å². The Kier molecular flexibility index (Phi) is 2.84. The average molecular weight is 264 g/mol. The highest BCUT2D eigenvalue weighted by atomic mass is 35.5. The molecule has 1 atom stereocenters. The lowest BCUT2D eigenvalue weighted by molar-refractivity contribution is 0.286. The van der Waals surface area contributed by atoms with Crippen LogP contribution in [-0.2, 0) is 0 Å². The summed E-state index contributed by atoms with van der Waals surface area (Å²) in [6.07, 6.45) is 0. The van der Waals surface area contributed by atoms with Gasteiger partial charge in [-0.25, -0.2) is 4.39 Å². The van der Waals surface area contributed by atoms with Crippen molar-refractivity contribution in [3.8, 4) is 5.75 Å². The Morgan fingerprint density at radius 2 is 2.11 bits per heavy atom. The van der Waals surface area contributed by atoms with Gasteiger partial charge in [0.15, 0.2) is 0 Å². The lowest BCUT2D eigenvalue weighted by Crippen LogP contribution is -2.23. The van der Waals surface area contributed by atoms with Gasteiger partial charge in [0, 0.05) is 5.02 Å². The van der Waals surface area contributed by atoms with Crippen molar-refractivity contribution >= 4 is 17.3 Å². The van der Waals surface area contributed by atoms with Crippen LogP contribution in [-0.4, -0.2) is 6.61 Å². The lowest BCUT2D eigenvalue weighted by Gasteiger charge is -2.27. The third-order valence-electron chi connectivity index (χ3n) is 2.93. The number of fused-ring (bicyclic) bond motifs is 1. The van der Waals surface area contributed by atoms with Gasteiger partial charge >= 0.3 is 0 Å². The van der Waals surface area contributed by atoms with Crippen molar-refractivity contribution in [2.75, 3.05) is 11.9 Å². The van der Waals surface area contributed by atoms with Crippen molar-refractivity contribution < 1.29 is 9.13 Å². The standard InChI is InChI=1S/C14H11ClFNO/c15-10-4-5-14-12(7-10)17-13(8-18-14)9-2-1-3-11(16)6-9/h1-7,13,17H,8H2. The predicted octanol–water partition coefficient (Wildman–Crippen LogP) is 4.02. The van der Waals surface area contributed by atoms with E-state index in [0.29, 0.717) is 11.6 Å². The molecule has 4 heteroatoms. The van der Waals surface area contributed by atoms with E-state index >= 15 is 0 Å². The second-order valence-electron chi connectivity index (χ2n) is 4.20. The molecule has 2 aromatic rings. The fourth-order valence-electron chi connectivity index (χ4n) is 2.05. The molecule has 1 unspecified atom stereocenters.